The first-order valence-corrected chi connectivity index (χ1v) is 7.82. The maximum atomic E-state index is 12.0. The lowest BCUT2D eigenvalue weighted by Crippen LogP contribution is -2.05. The van der Waals surface area contributed by atoms with Gasteiger partial charge in [-0.1, -0.05) is 18.2 Å². The molecule has 116 valence electrons. The zero-order chi connectivity index (χ0) is 16.2. The Kier molecular flexibility index (Phi) is 4.52. The SMILES string of the molecule is CCOc1ccccc1/C=C1\N=C(c2cncc(Br)c2)OC1=O. The summed E-state index contributed by atoms with van der Waals surface area (Å²) in [4.78, 5) is 20.3. The van der Waals surface area contributed by atoms with Crippen molar-refractivity contribution in [3.63, 3.8) is 0 Å². The van der Waals surface area contributed by atoms with E-state index in [9.17, 15) is 4.79 Å². The summed E-state index contributed by atoms with van der Waals surface area (Å²) in [7, 11) is 0. The van der Waals surface area contributed by atoms with Gasteiger partial charge in [-0.15, -0.1) is 0 Å². The predicted octanol–water partition coefficient (Wildman–Crippen LogP) is 3.59. The van der Waals surface area contributed by atoms with Crippen LogP contribution in [0.1, 0.15) is 18.1 Å². The van der Waals surface area contributed by atoms with Crippen molar-refractivity contribution >= 4 is 33.9 Å². The minimum atomic E-state index is -0.494. The van der Waals surface area contributed by atoms with Gasteiger partial charge in [0.25, 0.3) is 0 Å². The Hall–Kier alpha value is -2.47. The number of halogens is 1. The first-order chi connectivity index (χ1) is 11.2. The maximum Gasteiger partial charge on any atom is 0.363 e. The quantitative estimate of drug-likeness (QED) is 0.607. The largest absolute Gasteiger partial charge is 0.493 e. The van der Waals surface area contributed by atoms with Crippen LogP contribution in [0.2, 0.25) is 0 Å². The third kappa shape index (κ3) is 3.48. The van der Waals surface area contributed by atoms with Gasteiger partial charge in [-0.05, 0) is 41.1 Å². The topological polar surface area (TPSA) is 60.8 Å². The summed E-state index contributed by atoms with van der Waals surface area (Å²) in [5, 5.41) is 0. The van der Waals surface area contributed by atoms with Crippen LogP contribution >= 0.6 is 15.9 Å². The minimum Gasteiger partial charge on any atom is -0.493 e. The monoisotopic (exact) mass is 372 g/mol. The van der Waals surface area contributed by atoms with Crippen molar-refractivity contribution in [2.75, 3.05) is 6.61 Å². The number of cyclic esters (lactones) is 1. The zero-order valence-corrected chi connectivity index (χ0v) is 13.9. The summed E-state index contributed by atoms with van der Waals surface area (Å²) in [6, 6.07) is 9.24. The molecular formula is C17H13BrN2O3. The Bertz CT molecular complexity index is 815. The number of aromatic nitrogens is 1. The first-order valence-electron chi connectivity index (χ1n) is 7.02. The molecule has 23 heavy (non-hydrogen) atoms. The second kappa shape index (κ2) is 6.75. The van der Waals surface area contributed by atoms with E-state index in [0.29, 0.717) is 17.9 Å². The van der Waals surface area contributed by atoms with Gasteiger partial charge >= 0.3 is 5.97 Å². The Morgan fingerprint density at radius 2 is 2.13 bits per heavy atom. The van der Waals surface area contributed by atoms with Crippen LogP contribution in [0.5, 0.6) is 5.75 Å². The van der Waals surface area contributed by atoms with Crippen LogP contribution in [0.15, 0.2) is 57.9 Å². The van der Waals surface area contributed by atoms with Crippen LogP contribution in [-0.4, -0.2) is 23.5 Å². The fourth-order valence-corrected chi connectivity index (χ4v) is 2.46. The summed E-state index contributed by atoms with van der Waals surface area (Å²) in [5.74, 6) is 0.443. The number of rotatable bonds is 4. The van der Waals surface area contributed by atoms with Crippen LogP contribution in [0.25, 0.3) is 6.08 Å². The molecule has 2 heterocycles. The lowest BCUT2D eigenvalue weighted by molar-refractivity contribution is -0.129. The first kappa shape index (κ1) is 15.4. The molecular weight excluding hydrogens is 360 g/mol. The van der Waals surface area contributed by atoms with Crippen molar-refractivity contribution in [3.05, 3.63) is 64.0 Å². The van der Waals surface area contributed by atoms with Crippen molar-refractivity contribution in [2.45, 2.75) is 6.92 Å². The van der Waals surface area contributed by atoms with E-state index in [1.807, 2.05) is 31.2 Å². The molecule has 0 saturated heterocycles. The summed E-state index contributed by atoms with van der Waals surface area (Å²) in [6.45, 7) is 2.45. The summed E-state index contributed by atoms with van der Waals surface area (Å²) in [5.41, 5.74) is 1.64. The smallest absolute Gasteiger partial charge is 0.363 e. The van der Waals surface area contributed by atoms with Gasteiger partial charge in [0.1, 0.15) is 5.75 Å². The standard InChI is InChI=1S/C17H13BrN2O3/c1-2-22-15-6-4-3-5-11(15)8-14-17(21)23-16(20-14)12-7-13(18)10-19-9-12/h3-10H,2H2,1H3/b14-8-. The molecule has 1 aromatic heterocycles. The van der Waals surface area contributed by atoms with Crippen molar-refractivity contribution in [1.29, 1.82) is 0 Å². The van der Waals surface area contributed by atoms with Crippen LogP contribution in [0, 0.1) is 0 Å². The van der Waals surface area contributed by atoms with Gasteiger partial charge in [0.05, 0.1) is 12.2 Å². The molecule has 1 aliphatic heterocycles. The third-order valence-electron chi connectivity index (χ3n) is 3.08. The lowest BCUT2D eigenvalue weighted by Gasteiger charge is -2.06. The number of carbonyl (C=O) groups is 1. The van der Waals surface area contributed by atoms with E-state index >= 15 is 0 Å². The summed E-state index contributed by atoms with van der Waals surface area (Å²) < 4.78 is 11.6. The molecule has 0 aliphatic carbocycles. The Morgan fingerprint density at radius 1 is 1.30 bits per heavy atom. The van der Waals surface area contributed by atoms with Crippen molar-refractivity contribution in [3.8, 4) is 5.75 Å². The number of hydrogen-bond acceptors (Lipinski definition) is 5. The van der Waals surface area contributed by atoms with Gasteiger partial charge in [0.2, 0.25) is 5.90 Å². The van der Waals surface area contributed by atoms with E-state index in [-0.39, 0.29) is 11.6 Å². The molecule has 0 radical (unpaired) electrons. The summed E-state index contributed by atoms with van der Waals surface area (Å²) in [6.07, 6.45) is 4.90. The van der Waals surface area contributed by atoms with E-state index in [1.54, 1.807) is 24.5 Å². The van der Waals surface area contributed by atoms with Crippen molar-refractivity contribution in [2.24, 2.45) is 4.99 Å². The van der Waals surface area contributed by atoms with Crippen LogP contribution in [0.4, 0.5) is 0 Å². The highest BCUT2D eigenvalue weighted by atomic mass is 79.9. The second-order valence-corrected chi connectivity index (χ2v) is 5.61. The van der Waals surface area contributed by atoms with Crippen LogP contribution in [-0.2, 0) is 9.53 Å². The molecule has 6 heteroatoms. The van der Waals surface area contributed by atoms with Crippen LogP contribution in [0.3, 0.4) is 0 Å². The molecule has 3 rings (SSSR count). The number of ether oxygens (including phenoxy) is 2. The average Bonchev–Trinajstić information content (AvgIpc) is 2.91. The molecule has 1 aliphatic rings. The van der Waals surface area contributed by atoms with E-state index in [0.717, 1.165) is 10.0 Å². The molecule has 0 saturated carbocycles. The van der Waals surface area contributed by atoms with E-state index in [1.165, 1.54) is 0 Å². The fraction of sp³-hybridized carbons (Fsp3) is 0.118. The molecule has 0 bridgehead atoms. The highest BCUT2D eigenvalue weighted by molar-refractivity contribution is 9.10. The Balaban J connectivity index is 1.95. The van der Waals surface area contributed by atoms with Crippen molar-refractivity contribution in [1.82, 2.24) is 4.98 Å². The number of esters is 1. The van der Waals surface area contributed by atoms with Gasteiger partial charge in [-0.2, -0.15) is 0 Å². The predicted molar refractivity (Wildman–Crippen MR) is 90.2 cm³/mol. The lowest BCUT2D eigenvalue weighted by atomic mass is 10.1. The third-order valence-corrected chi connectivity index (χ3v) is 3.52. The van der Waals surface area contributed by atoms with Crippen molar-refractivity contribution < 1.29 is 14.3 Å². The minimum absolute atomic E-state index is 0.229. The maximum absolute atomic E-state index is 12.0. The summed E-state index contributed by atoms with van der Waals surface area (Å²) >= 11 is 3.33. The van der Waals surface area contributed by atoms with Gasteiger partial charge in [-0.3, -0.25) is 4.98 Å². The molecule has 2 aromatic rings. The molecule has 0 unspecified atom stereocenters. The highest BCUT2D eigenvalue weighted by Crippen LogP contribution is 2.25. The zero-order valence-electron chi connectivity index (χ0n) is 12.3. The number of hydrogen-bond donors (Lipinski definition) is 0. The number of para-hydroxylation sites is 1. The number of aliphatic imine (C=N–C) groups is 1. The highest BCUT2D eigenvalue weighted by Gasteiger charge is 2.24. The van der Waals surface area contributed by atoms with Gasteiger partial charge < -0.3 is 9.47 Å². The van der Waals surface area contributed by atoms with Crippen LogP contribution < -0.4 is 4.74 Å². The normalized spacial score (nSPS) is 15.5. The number of pyridine rings is 1. The van der Waals surface area contributed by atoms with Gasteiger partial charge in [-0.25, -0.2) is 9.79 Å². The molecule has 0 N–H and O–H groups in total. The van der Waals surface area contributed by atoms with E-state index in [2.05, 4.69) is 25.9 Å². The average molecular weight is 373 g/mol. The van der Waals surface area contributed by atoms with E-state index < -0.39 is 5.97 Å². The number of benzene rings is 1. The molecule has 1 aromatic carbocycles. The molecule has 0 atom stereocenters. The van der Waals surface area contributed by atoms with E-state index in [4.69, 9.17) is 9.47 Å². The van der Waals surface area contributed by atoms with Gasteiger partial charge in [0.15, 0.2) is 5.70 Å². The number of nitrogens with zero attached hydrogens (tertiary/aromatic N) is 2. The molecule has 0 spiro atoms. The second-order valence-electron chi connectivity index (χ2n) is 4.70. The molecule has 0 amide bonds. The fourth-order valence-electron chi connectivity index (χ4n) is 2.10. The Labute approximate surface area is 141 Å². The molecule has 0 fully saturated rings. The van der Waals surface area contributed by atoms with Gasteiger partial charge in [0, 0.05) is 22.4 Å². The Morgan fingerprint density at radius 3 is 2.91 bits per heavy atom. The molecule has 5 nitrogen and oxygen atoms in total. The number of carbonyl (C=O) groups excluding carboxylic acids is 1.